The van der Waals surface area contributed by atoms with Gasteiger partial charge in [0.25, 0.3) is 0 Å². The quantitative estimate of drug-likeness (QED) is 0.742. The molecule has 66 valence electrons. The molecule has 0 atom stereocenters. The molecule has 0 spiro atoms. The van der Waals surface area contributed by atoms with Gasteiger partial charge in [0.15, 0.2) is 0 Å². The lowest BCUT2D eigenvalue weighted by Gasteiger charge is -2.00. The monoisotopic (exact) mass is 202 g/mol. The summed E-state index contributed by atoms with van der Waals surface area (Å²) in [6, 6.07) is 0. The van der Waals surface area contributed by atoms with E-state index >= 15 is 0 Å². The highest BCUT2D eigenvalue weighted by Gasteiger charge is 2.11. The molecular weight excluding hydrogens is 192 g/mol. The SMILES string of the molecule is CCOC(=S)c1sc(C)nc1N. The molecule has 2 N–H and O–H groups in total. The lowest BCUT2D eigenvalue weighted by atomic mass is 10.5. The molecule has 0 aliphatic heterocycles. The number of thiocarbonyl (C=S) groups is 1. The first-order valence-electron chi connectivity index (χ1n) is 3.55. The predicted molar refractivity (Wildman–Crippen MR) is 54.6 cm³/mol. The molecular formula is C7H10N2OS2. The average molecular weight is 202 g/mol. The third-order valence-electron chi connectivity index (χ3n) is 1.22. The highest BCUT2D eigenvalue weighted by Crippen LogP contribution is 2.21. The number of nitrogen functional groups attached to an aromatic ring is 1. The van der Waals surface area contributed by atoms with Crippen LogP contribution >= 0.6 is 23.6 Å². The second-order valence-electron chi connectivity index (χ2n) is 2.17. The molecule has 1 heterocycles. The minimum Gasteiger partial charge on any atom is -0.483 e. The Morgan fingerprint density at radius 2 is 2.42 bits per heavy atom. The standard InChI is InChI=1S/C7H10N2OS2/c1-3-10-7(11)5-6(8)9-4(2)12-5/h3,8H2,1-2H3. The molecule has 5 heteroatoms. The van der Waals surface area contributed by atoms with Gasteiger partial charge in [0, 0.05) is 0 Å². The lowest BCUT2D eigenvalue weighted by molar-refractivity contribution is 0.338. The summed E-state index contributed by atoms with van der Waals surface area (Å²) in [6.07, 6.45) is 0. The van der Waals surface area contributed by atoms with Crippen LogP contribution in [0.1, 0.15) is 16.8 Å². The van der Waals surface area contributed by atoms with Crippen LogP contribution in [0.15, 0.2) is 0 Å². The second kappa shape index (κ2) is 3.82. The minimum atomic E-state index is 0.445. The first-order valence-corrected chi connectivity index (χ1v) is 4.77. The Kier molecular flexibility index (Phi) is 2.99. The van der Waals surface area contributed by atoms with E-state index in [-0.39, 0.29) is 0 Å². The van der Waals surface area contributed by atoms with Crippen molar-refractivity contribution in [2.24, 2.45) is 0 Å². The highest BCUT2D eigenvalue weighted by atomic mass is 32.1. The van der Waals surface area contributed by atoms with Crippen LogP contribution in [0.5, 0.6) is 0 Å². The summed E-state index contributed by atoms with van der Waals surface area (Å²) in [6.45, 7) is 4.34. The molecule has 0 fully saturated rings. The number of aryl methyl sites for hydroxylation is 1. The van der Waals surface area contributed by atoms with E-state index in [1.165, 1.54) is 11.3 Å². The Hall–Kier alpha value is -0.680. The van der Waals surface area contributed by atoms with Crippen molar-refractivity contribution < 1.29 is 4.74 Å². The third kappa shape index (κ3) is 1.92. The van der Waals surface area contributed by atoms with Gasteiger partial charge in [-0.25, -0.2) is 4.98 Å². The smallest absolute Gasteiger partial charge is 0.205 e. The summed E-state index contributed by atoms with van der Waals surface area (Å²) in [7, 11) is 0. The number of rotatable bonds is 2. The molecule has 1 aromatic heterocycles. The first kappa shape index (κ1) is 9.41. The lowest BCUT2D eigenvalue weighted by Crippen LogP contribution is -2.03. The number of nitrogens with zero attached hydrogens (tertiary/aromatic N) is 1. The van der Waals surface area contributed by atoms with Gasteiger partial charge in [0.1, 0.15) is 10.7 Å². The van der Waals surface area contributed by atoms with Crippen LogP contribution in [-0.2, 0) is 4.74 Å². The Morgan fingerprint density at radius 1 is 1.75 bits per heavy atom. The number of hydrogen-bond acceptors (Lipinski definition) is 5. The van der Waals surface area contributed by atoms with Crippen molar-refractivity contribution in [3.05, 3.63) is 9.88 Å². The normalized spacial score (nSPS) is 9.83. The van der Waals surface area contributed by atoms with E-state index in [0.717, 1.165) is 9.88 Å². The van der Waals surface area contributed by atoms with Gasteiger partial charge in [-0.15, -0.1) is 11.3 Å². The van der Waals surface area contributed by atoms with Crippen molar-refractivity contribution in [2.45, 2.75) is 13.8 Å². The van der Waals surface area contributed by atoms with Crippen molar-refractivity contribution in [3.63, 3.8) is 0 Å². The Labute approximate surface area is 80.6 Å². The third-order valence-corrected chi connectivity index (χ3v) is 2.66. The Balaban J connectivity index is 2.87. The summed E-state index contributed by atoms with van der Waals surface area (Å²) < 4.78 is 5.14. The molecule has 0 saturated carbocycles. The Morgan fingerprint density at radius 3 is 2.83 bits per heavy atom. The van der Waals surface area contributed by atoms with Gasteiger partial charge in [0.05, 0.1) is 11.6 Å². The van der Waals surface area contributed by atoms with Crippen molar-refractivity contribution >= 4 is 34.4 Å². The highest BCUT2D eigenvalue weighted by molar-refractivity contribution is 7.80. The van der Waals surface area contributed by atoms with Gasteiger partial charge in [-0.2, -0.15) is 0 Å². The second-order valence-corrected chi connectivity index (χ2v) is 3.74. The predicted octanol–water partition coefficient (Wildman–Crippen LogP) is 1.75. The van der Waals surface area contributed by atoms with E-state index in [4.69, 9.17) is 22.7 Å². The molecule has 0 radical (unpaired) electrons. The summed E-state index contributed by atoms with van der Waals surface area (Å²) in [5, 5.41) is 1.35. The Bertz CT molecular complexity index is 296. The van der Waals surface area contributed by atoms with Gasteiger partial charge in [-0.05, 0) is 26.1 Å². The van der Waals surface area contributed by atoms with Gasteiger partial charge in [0.2, 0.25) is 5.05 Å². The number of ether oxygens (including phenoxy) is 1. The van der Waals surface area contributed by atoms with E-state index in [1.807, 2.05) is 13.8 Å². The summed E-state index contributed by atoms with van der Waals surface area (Å²) in [5.74, 6) is 0.468. The largest absolute Gasteiger partial charge is 0.483 e. The molecule has 1 rings (SSSR count). The maximum absolute atomic E-state index is 5.60. The van der Waals surface area contributed by atoms with Gasteiger partial charge >= 0.3 is 0 Å². The zero-order chi connectivity index (χ0) is 9.14. The van der Waals surface area contributed by atoms with Crippen LogP contribution in [0.4, 0.5) is 5.82 Å². The van der Waals surface area contributed by atoms with E-state index in [2.05, 4.69) is 4.98 Å². The maximum Gasteiger partial charge on any atom is 0.205 e. The fourth-order valence-electron chi connectivity index (χ4n) is 0.786. The van der Waals surface area contributed by atoms with Crippen LogP contribution in [0.2, 0.25) is 0 Å². The van der Waals surface area contributed by atoms with Crippen LogP contribution in [-0.4, -0.2) is 16.6 Å². The van der Waals surface area contributed by atoms with Crippen LogP contribution in [0.3, 0.4) is 0 Å². The average Bonchev–Trinajstić information content (AvgIpc) is 2.30. The van der Waals surface area contributed by atoms with E-state index in [1.54, 1.807) is 0 Å². The fourth-order valence-corrected chi connectivity index (χ4v) is 1.87. The molecule has 12 heavy (non-hydrogen) atoms. The summed E-state index contributed by atoms with van der Waals surface area (Å²) >= 11 is 6.45. The van der Waals surface area contributed by atoms with Crippen molar-refractivity contribution in [1.82, 2.24) is 4.98 Å². The molecule has 0 bridgehead atoms. The van der Waals surface area contributed by atoms with Crippen molar-refractivity contribution in [2.75, 3.05) is 12.3 Å². The molecule has 3 nitrogen and oxygen atoms in total. The molecule has 0 amide bonds. The molecule has 0 unspecified atom stereocenters. The molecule has 0 aliphatic rings. The topological polar surface area (TPSA) is 48.1 Å². The van der Waals surface area contributed by atoms with Crippen molar-refractivity contribution in [3.8, 4) is 0 Å². The molecule has 0 saturated heterocycles. The summed E-state index contributed by atoms with van der Waals surface area (Å²) in [5.41, 5.74) is 5.60. The number of nitrogens with two attached hydrogens (primary N) is 1. The fraction of sp³-hybridized carbons (Fsp3) is 0.429. The van der Waals surface area contributed by atoms with Crippen LogP contribution in [0, 0.1) is 6.92 Å². The summed E-state index contributed by atoms with van der Waals surface area (Å²) in [4.78, 5) is 4.81. The van der Waals surface area contributed by atoms with Crippen molar-refractivity contribution in [1.29, 1.82) is 0 Å². The number of thiazole rings is 1. The van der Waals surface area contributed by atoms with Gasteiger partial charge < -0.3 is 10.5 Å². The zero-order valence-corrected chi connectivity index (χ0v) is 8.59. The first-order chi connectivity index (χ1) is 5.65. The maximum atomic E-state index is 5.60. The van der Waals surface area contributed by atoms with Gasteiger partial charge in [-0.1, -0.05) is 0 Å². The minimum absolute atomic E-state index is 0.445. The van der Waals surface area contributed by atoms with E-state index in [0.29, 0.717) is 17.5 Å². The number of hydrogen-bond donors (Lipinski definition) is 1. The zero-order valence-electron chi connectivity index (χ0n) is 6.96. The van der Waals surface area contributed by atoms with E-state index in [9.17, 15) is 0 Å². The molecule has 1 aromatic rings. The van der Waals surface area contributed by atoms with Gasteiger partial charge in [-0.3, -0.25) is 0 Å². The number of anilines is 1. The van der Waals surface area contributed by atoms with E-state index < -0.39 is 0 Å². The van der Waals surface area contributed by atoms with Crippen LogP contribution in [0.25, 0.3) is 0 Å². The molecule has 0 aromatic carbocycles. The van der Waals surface area contributed by atoms with Crippen LogP contribution < -0.4 is 5.73 Å². The molecule has 0 aliphatic carbocycles. The number of aromatic nitrogens is 1.